The summed E-state index contributed by atoms with van der Waals surface area (Å²) in [5.74, 6) is 12.6. The Bertz CT molecular complexity index is 224. The molecule has 0 radical (unpaired) electrons. The van der Waals surface area contributed by atoms with Gasteiger partial charge in [-0.15, -0.1) is 0 Å². The fourth-order valence-corrected chi connectivity index (χ4v) is 0.673. The maximum absolute atomic E-state index is 10.8. The maximum atomic E-state index is 10.8. The molecular formula is C7H12N4O. The van der Waals surface area contributed by atoms with Crippen molar-refractivity contribution in [2.75, 3.05) is 0 Å². The summed E-state index contributed by atoms with van der Waals surface area (Å²) in [6.07, 6.45) is 0. The summed E-state index contributed by atoms with van der Waals surface area (Å²) in [6.45, 7) is 0. The third-order valence-electron chi connectivity index (χ3n) is 1.17. The largest absolute Gasteiger partial charge is 0.290 e. The Hall–Kier alpha value is -1.43. The highest BCUT2D eigenvalue weighted by molar-refractivity contribution is 5.93. The van der Waals surface area contributed by atoms with E-state index < -0.39 is 0 Å². The number of hydrogen-bond donors (Lipinski definition) is 4. The molecule has 0 aromatic heterocycles. The van der Waals surface area contributed by atoms with Gasteiger partial charge < -0.3 is 0 Å². The number of nitrogen functional groups attached to an aromatic ring is 1. The minimum absolute atomic E-state index is 0.263. The van der Waals surface area contributed by atoms with E-state index in [1.165, 1.54) is 0 Å². The smallest absolute Gasteiger partial charge is 0.265 e. The average molecular weight is 168 g/mol. The van der Waals surface area contributed by atoms with Crippen LogP contribution in [0.5, 0.6) is 0 Å². The summed E-state index contributed by atoms with van der Waals surface area (Å²) >= 11 is 0. The Balaban J connectivity index is 0.000000561. The molecule has 66 valence electrons. The van der Waals surface area contributed by atoms with Gasteiger partial charge in [-0.2, -0.15) is 0 Å². The highest BCUT2D eigenvalue weighted by atomic mass is 16.2. The predicted molar refractivity (Wildman–Crippen MR) is 46.5 cm³/mol. The molecule has 0 aliphatic carbocycles. The van der Waals surface area contributed by atoms with Crippen LogP contribution in [0.3, 0.4) is 0 Å². The van der Waals surface area contributed by atoms with Crippen LogP contribution in [0.25, 0.3) is 0 Å². The molecule has 1 aromatic rings. The lowest BCUT2D eigenvalue weighted by Crippen LogP contribution is -2.29. The Kier molecular flexibility index (Phi) is 5.54. The first-order valence-corrected chi connectivity index (χ1v) is 3.24. The van der Waals surface area contributed by atoms with Crippen LogP contribution in [0.4, 0.5) is 0 Å². The maximum Gasteiger partial charge on any atom is 0.265 e. The van der Waals surface area contributed by atoms with Crippen molar-refractivity contribution in [2.24, 2.45) is 17.5 Å². The number of nitrogens with two attached hydrogens (primary N) is 3. The molecule has 0 aliphatic heterocycles. The molecule has 0 fully saturated rings. The fraction of sp³-hybridized carbons (Fsp3) is 0. The van der Waals surface area contributed by atoms with E-state index in [0.717, 1.165) is 0 Å². The molecular weight excluding hydrogens is 156 g/mol. The van der Waals surface area contributed by atoms with Crippen LogP contribution in [0.2, 0.25) is 0 Å². The normalized spacial score (nSPS) is 7.92. The van der Waals surface area contributed by atoms with Crippen LogP contribution in [0.1, 0.15) is 10.4 Å². The summed E-state index contributed by atoms with van der Waals surface area (Å²) in [6, 6.07) is 8.80. The van der Waals surface area contributed by atoms with Gasteiger partial charge in [-0.3, -0.25) is 21.9 Å². The number of carbonyl (C=O) groups is 1. The highest BCUT2D eigenvalue weighted by Gasteiger charge is 1.98. The molecule has 0 bridgehead atoms. The number of amides is 1. The minimum atomic E-state index is -0.263. The lowest BCUT2D eigenvalue weighted by molar-refractivity contribution is 0.0953. The zero-order valence-electron chi connectivity index (χ0n) is 6.53. The van der Waals surface area contributed by atoms with Crippen LogP contribution in [-0.2, 0) is 0 Å². The number of benzene rings is 1. The summed E-state index contributed by atoms with van der Waals surface area (Å²) in [5, 5.41) is 0. The van der Waals surface area contributed by atoms with Crippen molar-refractivity contribution in [3.05, 3.63) is 35.9 Å². The van der Waals surface area contributed by atoms with E-state index in [-0.39, 0.29) is 5.91 Å². The summed E-state index contributed by atoms with van der Waals surface area (Å²) in [4.78, 5) is 10.8. The van der Waals surface area contributed by atoms with Crippen molar-refractivity contribution >= 4 is 5.91 Å². The first-order valence-electron chi connectivity index (χ1n) is 3.24. The monoisotopic (exact) mass is 168 g/mol. The van der Waals surface area contributed by atoms with Gasteiger partial charge in [0.15, 0.2) is 0 Å². The zero-order chi connectivity index (χ0) is 9.40. The van der Waals surface area contributed by atoms with Crippen molar-refractivity contribution in [3.63, 3.8) is 0 Å². The van der Waals surface area contributed by atoms with Crippen molar-refractivity contribution in [2.45, 2.75) is 0 Å². The van der Waals surface area contributed by atoms with Crippen LogP contribution >= 0.6 is 0 Å². The lowest BCUT2D eigenvalue weighted by Gasteiger charge is -1.95. The molecule has 1 rings (SSSR count). The molecule has 0 unspecified atom stereocenters. The van der Waals surface area contributed by atoms with Crippen LogP contribution < -0.4 is 23.0 Å². The zero-order valence-corrected chi connectivity index (χ0v) is 6.53. The van der Waals surface area contributed by atoms with Crippen LogP contribution in [0, 0.1) is 0 Å². The molecule has 1 aromatic carbocycles. The van der Waals surface area contributed by atoms with Crippen molar-refractivity contribution < 1.29 is 4.79 Å². The Morgan fingerprint density at radius 2 is 1.67 bits per heavy atom. The second kappa shape index (κ2) is 6.29. The Morgan fingerprint density at radius 1 is 1.17 bits per heavy atom. The molecule has 1 amide bonds. The molecule has 7 N–H and O–H groups in total. The minimum Gasteiger partial charge on any atom is -0.290 e. The van der Waals surface area contributed by atoms with Gasteiger partial charge in [0, 0.05) is 5.56 Å². The van der Waals surface area contributed by atoms with E-state index in [0.29, 0.717) is 5.56 Å². The van der Waals surface area contributed by atoms with E-state index in [2.05, 4.69) is 11.7 Å². The summed E-state index contributed by atoms with van der Waals surface area (Å²) in [7, 11) is 0. The first-order chi connectivity index (χ1) is 5.84. The number of hydrogen-bond acceptors (Lipinski definition) is 4. The van der Waals surface area contributed by atoms with E-state index in [4.69, 9.17) is 5.84 Å². The standard InChI is InChI=1S/C7H8N2O.H4N2/c8-9-7(10)6-4-2-1-3-5-6;1-2/h1-5H,8H2,(H,9,10);1-2H2. The number of hydrazine groups is 2. The van der Waals surface area contributed by atoms with Gasteiger partial charge in [-0.05, 0) is 12.1 Å². The van der Waals surface area contributed by atoms with Gasteiger partial charge in [0.2, 0.25) is 0 Å². The molecule has 5 heteroatoms. The molecule has 0 aliphatic rings. The van der Waals surface area contributed by atoms with Crippen LogP contribution in [-0.4, -0.2) is 5.91 Å². The van der Waals surface area contributed by atoms with E-state index in [9.17, 15) is 4.79 Å². The van der Waals surface area contributed by atoms with Crippen molar-refractivity contribution in [3.8, 4) is 0 Å². The number of carbonyl (C=O) groups excluding carboxylic acids is 1. The van der Waals surface area contributed by atoms with Crippen molar-refractivity contribution in [1.29, 1.82) is 0 Å². The first kappa shape index (κ1) is 10.6. The number of rotatable bonds is 1. The summed E-state index contributed by atoms with van der Waals surface area (Å²) < 4.78 is 0. The molecule has 0 saturated carbocycles. The molecule has 0 saturated heterocycles. The molecule has 0 heterocycles. The van der Waals surface area contributed by atoms with Crippen molar-refractivity contribution in [1.82, 2.24) is 5.43 Å². The molecule has 12 heavy (non-hydrogen) atoms. The van der Waals surface area contributed by atoms with Gasteiger partial charge in [0.1, 0.15) is 0 Å². The average Bonchev–Trinajstić information content (AvgIpc) is 2.21. The fourth-order valence-electron chi connectivity index (χ4n) is 0.673. The van der Waals surface area contributed by atoms with Crippen LogP contribution in [0.15, 0.2) is 30.3 Å². The quantitative estimate of drug-likeness (QED) is 0.248. The van der Waals surface area contributed by atoms with Gasteiger partial charge in [-0.1, -0.05) is 18.2 Å². The Labute approximate surface area is 70.5 Å². The predicted octanol–water partition coefficient (Wildman–Crippen LogP) is -0.891. The molecule has 5 nitrogen and oxygen atoms in total. The lowest BCUT2D eigenvalue weighted by atomic mass is 10.2. The third kappa shape index (κ3) is 3.11. The van der Waals surface area contributed by atoms with Gasteiger partial charge in [0.25, 0.3) is 5.91 Å². The molecule has 0 spiro atoms. The van der Waals surface area contributed by atoms with E-state index in [1.807, 2.05) is 11.5 Å². The highest BCUT2D eigenvalue weighted by Crippen LogP contribution is 1.95. The van der Waals surface area contributed by atoms with Gasteiger partial charge in [0.05, 0.1) is 0 Å². The van der Waals surface area contributed by atoms with Gasteiger partial charge in [-0.25, -0.2) is 5.84 Å². The van der Waals surface area contributed by atoms with Gasteiger partial charge >= 0.3 is 0 Å². The SMILES string of the molecule is NN.NNC(=O)c1ccccc1. The van der Waals surface area contributed by atoms with E-state index in [1.54, 1.807) is 24.3 Å². The third-order valence-corrected chi connectivity index (χ3v) is 1.17. The topological polar surface area (TPSA) is 107 Å². The van der Waals surface area contributed by atoms with E-state index >= 15 is 0 Å². The number of nitrogens with one attached hydrogen (secondary N) is 1. The molecule has 0 atom stereocenters. The second-order valence-corrected chi connectivity index (χ2v) is 1.84. The second-order valence-electron chi connectivity index (χ2n) is 1.84. The summed E-state index contributed by atoms with van der Waals surface area (Å²) in [5.41, 5.74) is 2.62. The Morgan fingerprint density at radius 3 is 2.08 bits per heavy atom.